The number of anilines is 1. The minimum absolute atomic E-state index is 0.158. The lowest BCUT2D eigenvalue weighted by atomic mass is 10.1. The summed E-state index contributed by atoms with van der Waals surface area (Å²) in [6.07, 6.45) is 0.257. The highest BCUT2D eigenvalue weighted by atomic mass is 35.5. The van der Waals surface area contributed by atoms with Gasteiger partial charge in [0.1, 0.15) is 10.8 Å². The largest absolute Gasteiger partial charge is 0.300 e. The van der Waals surface area contributed by atoms with Gasteiger partial charge in [-0.1, -0.05) is 77.5 Å². The number of benzene rings is 4. The predicted octanol–water partition coefficient (Wildman–Crippen LogP) is 6.41. The van der Waals surface area contributed by atoms with Crippen LogP contribution in [0.25, 0.3) is 38.5 Å². The van der Waals surface area contributed by atoms with Crippen molar-refractivity contribution >= 4 is 44.9 Å². The number of rotatable bonds is 6. The standard InChI is InChI=1S/C30H20ClN5O2S/c31-24-12-6-4-10-22(24)27-32-25-13-7-5-11-23(25)29(38)36(27)21-16-14-20(15-17-21)28-34-35-30(39-28)33-26(37)18-19-8-2-1-3-9-19/h1-17H,18H2,(H,33,35,37). The van der Waals surface area contributed by atoms with E-state index in [9.17, 15) is 9.59 Å². The van der Waals surface area contributed by atoms with Gasteiger partial charge >= 0.3 is 0 Å². The monoisotopic (exact) mass is 549 g/mol. The Balaban J connectivity index is 1.32. The summed E-state index contributed by atoms with van der Waals surface area (Å²) in [6.45, 7) is 0. The molecular formula is C30H20ClN5O2S. The first-order valence-electron chi connectivity index (χ1n) is 12.1. The molecule has 9 heteroatoms. The van der Waals surface area contributed by atoms with Gasteiger partial charge < -0.3 is 5.32 Å². The number of carbonyl (C=O) groups is 1. The number of hydrogen-bond donors (Lipinski definition) is 1. The SMILES string of the molecule is O=C(Cc1ccccc1)Nc1nnc(-c2ccc(-n3c(-c4ccccc4Cl)nc4ccccc4c3=O)cc2)s1. The van der Waals surface area contributed by atoms with E-state index in [1.807, 2.05) is 91.0 Å². The molecule has 0 aliphatic heterocycles. The van der Waals surface area contributed by atoms with Crippen molar-refractivity contribution in [2.45, 2.75) is 6.42 Å². The number of fused-ring (bicyclic) bond motifs is 1. The summed E-state index contributed by atoms with van der Waals surface area (Å²) in [7, 11) is 0. The third kappa shape index (κ3) is 5.07. The molecule has 1 N–H and O–H groups in total. The van der Waals surface area contributed by atoms with E-state index in [1.54, 1.807) is 16.7 Å². The molecule has 6 rings (SSSR count). The number of amides is 1. The first kappa shape index (κ1) is 24.7. The van der Waals surface area contributed by atoms with E-state index in [-0.39, 0.29) is 17.9 Å². The number of carbonyl (C=O) groups excluding carboxylic acids is 1. The Morgan fingerprint density at radius 2 is 1.56 bits per heavy atom. The second-order valence-electron chi connectivity index (χ2n) is 8.74. The fourth-order valence-electron chi connectivity index (χ4n) is 4.28. The van der Waals surface area contributed by atoms with Gasteiger partial charge in [-0.15, -0.1) is 10.2 Å². The quantitative estimate of drug-likeness (QED) is 0.259. The highest BCUT2D eigenvalue weighted by Crippen LogP contribution is 2.30. The fourth-order valence-corrected chi connectivity index (χ4v) is 5.27. The molecule has 4 aromatic carbocycles. The first-order chi connectivity index (χ1) is 19.1. The van der Waals surface area contributed by atoms with Crippen LogP contribution < -0.4 is 10.9 Å². The van der Waals surface area contributed by atoms with E-state index in [0.29, 0.717) is 43.1 Å². The lowest BCUT2D eigenvalue weighted by Gasteiger charge is -2.15. The average molecular weight is 550 g/mol. The van der Waals surface area contributed by atoms with Crippen LogP contribution >= 0.6 is 22.9 Å². The van der Waals surface area contributed by atoms with Crippen molar-refractivity contribution in [2.75, 3.05) is 5.32 Å². The van der Waals surface area contributed by atoms with Crippen LogP contribution in [0.1, 0.15) is 5.56 Å². The Morgan fingerprint density at radius 3 is 2.36 bits per heavy atom. The smallest absolute Gasteiger partial charge is 0.266 e. The van der Waals surface area contributed by atoms with Crippen molar-refractivity contribution in [3.63, 3.8) is 0 Å². The second-order valence-corrected chi connectivity index (χ2v) is 10.1. The van der Waals surface area contributed by atoms with E-state index in [2.05, 4.69) is 15.5 Å². The van der Waals surface area contributed by atoms with Gasteiger partial charge in [0, 0.05) is 11.1 Å². The van der Waals surface area contributed by atoms with E-state index in [1.165, 1.54) is 11.3 Å². The maximum atomic E-state index is 13.6. The third-order valence-electron chi connectivity index (χ3n) is 6.14. The molecule has 190 valence electrons. The number of para-hydroxylation sites is 1. The Kier molecular flexibility index (Phi) is 6.71. The summed E-state index contributed by atoms with van der Waals surface area (Å²) in [5, 5.41) is 13.3. The lowest BCUT2D eigenvalue weighted by Crippen LogP contribution is -2.22. The van der Waals surface area contributed by atoms with Crippen LogP contribution in [0.3, 0.4) is 0 Å². The van der Waals surface area contributed by atoms with Crippen molar-refractivity contribution in [2.24, 2.45) is 0 Å². The summed E-state index contributed by atoms with van der Waals surface area (Å²) in [4.78, 5) is 30.9. The zero-order valence-corrected chi connectivity index (χ0v) is 22.0. The molecule has 0 unspecified atom stereocenters. The Labute approximate surface area is 232 Å². The zero-order valence-electron chi connectivity index (χ0n) is 20.4. The van der Waals surface area contributed by atoms with Gasteiger partial charge in [-0.2, -0.15) is 0 Å². The summed E-state index contributed by atoms with van der Waals surface area (Å²) in [6, 6.07) is 31.5. The molecule has 6 aromatic rings. The zero-order chi connectivity index (χ0) is 26.8. The number of aromatic nitrogens is 4. The molecule has 0 atom stereocenters. The first-order valence-corrected chi connectivity index (χ1v) is 13.3. The van der Waals surface area contributed by atoms with Gasteiger partial charge in [-0.25, -0.2) is 4.98 Å². The van der Waals surface area contributed by atoms with Crippen LogP contribution in [0.15, 0.2) is 108 Å². The highest BCUT2D eigenvalue weighted by Gasteiger charge is 2.17. The minimum Gasteiger partial charge on any atom is -0.300 e. The summed E-state index contributed by atoms with van der Waals surface area (Å²) in [5.41, 5.74) is 3.43. The molecule has 7 nitrogen and oxygen atoms in total. The fraction of sp³-hybridized carbons (Fsp3) is 0.0333. The van der Waals surface area contributed by atoms with Crippen LogP contribution in [0.4, 0.5) is 5.13 Å². The molecule has 0 saturated heterocycles. The molecule has 2 heterocycles. The number of halogens is 1. The molecule has 0 aliphatic carbocycles. The maximum absolute atomic E-state index is 13.6. The molecule has 1 amide bonds. The normalized spacial score (nSPS) is 11.0. The van der Waals surface area contributed by atoms with E-state index in [0.717, 1.165) is 11.1 Å². The summed E-state index contributed by atoms with van der Waals surface area (Å²) < 4.78 is 1.57. The molecule has 0 radical (unpaired) electrons. The predicted molar refractivity (Wildman–Crippen MR) is 155 cm³/mol. The number of nitrogens with one attached hydrogen (secondary N) is 1. The molecule has 0 aliphatic rings. The number of hydrogen-bond acceptors (Lipinski definition) is 6. The molecule has 2 aromatic heterocycles. The Hall–Kier alpha value is -4.66. The Morgan fingerprint density at radius 1 is 0.846 bits per heavy atom. The van der Waals surface area contributed by atoms with Crippen molar-refractivity contribution < 1.29 is 4.79 Å². The third-order valence-corrected chi connectivity index (χ3v) is 7.36. The van der Waals surface area contributed by atoms with Gasteiger partial charge in [-0.05, 0) is 54.1 Å². The van der Waals surface area contributed by atoms with Gasteiger partial charge in [-0.3, -0.25) is 14.2 Å². The van der Waals surface area contributed by atoms with Gasteiger partial charge in [0.05, 0.1) is 28.0 Å². The van der Waals surface area contributed by atoms with Crippen molar-refractivity contribution in [3.05, 3.63) is 124 Å². The van der Waals surface area contributed by atoms with E-state index < -0.39 is 0 Å². The van der Waals surface area contributed by atoms with Gasteiger partial charge in [0.25, 0.3) is 5.56 Å². The minimum atomic E-state index is -0.192. The summed E-state index contributed by atoms with van der Waals surface area (Å²) >= 11 is 7.79. The van der Waals surface area contributed by atoms with Crippen LogP contribution in [-0.4, -0.2) is 25.7 Å². The molecule has 0 spiro atoms. The molecule has 0 saturated carbocycles. The van der Waals surface area contributed by atoms with Gasteiger partial charge in [0.15, 0.2) is 0 Å². The van der Waals surface area contributed by atoms with Crippen LogP contribution in [0, 0.1) is 0 Å². The van der Waals surface area contributed by atoms with Crippen LogP contribution in [0.5, 0.6) is 0 Å². The molecule has 0 fully saturated rings. The average Bonchev–Trinajstić information content (AvgIpc) is 3.42. The van der Waals surface area contributed by atoms with E-state index in [4.69, 9.17) is 16.6 Å². The van der Waals surface area contributed by atoms with E-state index >= 15 is 0 Å². The molecular weight excluding hydrogens is 530 g/mol. The van der Waals surface area contributed by atoms with Crippen molar-refractivity contribution in [3.8, 4) is 27.6 Å². The molecule has 0 bridgehead atoms. The van der Waals surface area contributed by atoms with Crippen LogP contribution in [-0.2, 0) is 11.2 Å². The second kappa shape index (κ2) is 10.6. The van der Waals surface area contributed by atoms with Crippen LogP contribution in [0.2, 0.25) is 5.02 Å². The van der Waals surface area contributed by atoms with Gasteiger partial charge in [0.2, 0.25) is 11.0 Å². The Bertz CT molecular complexity index is 1870. The van der Waals surface area contributed by atoms with Crippen molar-refractivity contribution in [1.82, 2.24) is 19.7 Å². The topological polar surface area (TPSA) is 89.8 Å². The molecule has 39 heavy (non-hydrogen) atoms. The maximum Gasteiger partial charge on any atom is 0.266 e. The lowest BCUT2D eigenvalue weighted by molar-refractivity contribution is -0.115. The van der Waals surface area contributed by atoms with Crippen molar-refractivity contribution in [1.29, 1.82) is 0 Å². The number of nitrogens with zero attached hydrogens (tertiary/aromatic N) is 4. The summed E-state index contributed by atoms with van der Waals surface area (Å²) in [5.74, 6) is 0.297. The highest BCUT2D eigenvalue weighted by molar-refractivity contribution is 7.18.